The predicted molar refractivity (Wildman–Crippen MR) is 58.9 cm³/mol. The molecule has 0 aliphatic rings. The third kappa shape index (κ3) is 1.34. The molecule has 0 unspecified atom stereocenters. The lowest BCUT2D eigenvalue weighted by Gasteiger charge is -1.96. The zero-order valence-electron chi connectivity index (χ0n) is 7.75. The molecule has 0 atom stereocenters. The summed E-state index contributed by atoms with van der Waals surface area (Å²) in [5, 5.41) is 0.730. The summed E-state index contributed by atoms with van der Waals surface area (Å²) >= 11 is 5.96. The molecule has 13 heavy (non-hydrogen) atoms. The lowest BCUT2D eigenvalue weighted by Crippen LogP contribution is -1.88. The molecule has 0 aliphatic carbocycles. The Balaban J connectivity index is 2.89. The molecule has 2 aromatic heterocycles. The SMILES string of the molecule is Cc1nc2sc(C)c(C)c2nc1S. The maximum Gasteiger partial charge on any atom is 0.142 e. The Morgan fingerprint density at radius 2 is 1.85 bits per heavy atom. The van der Waals surface area contributed by atoms with Crippen molar-refractivity contribution in [3.8, 4) is 0 Å². The van der Waals surface area contributed by atoms with E-state index in [2.05, 4.69) is 36.4 Å². The Bertz CT molecular complexity index is 474. The highest BCUT2D eigenvalue weighted by atomic mass is 32.1. The van der Waals surface area contributed by atoms with E-state index in [0.717, 1.165) is 21.1 Å². The van der Waals surface area contributed by atoms with Crippen LogP contribution in [0.2, 0.25) is 0 Å². The van der Waals surface area contributed by atoms with Crippen LogP contribution in [0.1, 0.15) is 16.1 Å². The van der Waals surface area contributed by atoms with E-state index < -0.39 is 0 Å². The van der Waals surface area contributed by atoms with Gasteiger partial charge in [0, 0.05) is 4.88 Å². The van der Waals surface area contributed by atoms with Gasteiger partial charge in [-0.25, -0.2) is 9.97 Å². The van der Waals surface area contributed by atoms with E-state index in [1.165, 1.54) is 10.4 Å². The van der Waals surface area contributed by atoms with Crippen molar-refractivity contribution in [2.75, 3.05) is 0 Å². The molecule has 0 saturated carbocycles. The van der Waals surface area contributed by atoms with E-state index in [4.69, 9.17) is 0 Å². The lowest BCUT2D eigenvalue weighted by atomic mass is 10.3. The minimum absolute atomic E-state index is 0.730. The molecule has 2 nitrogen and oxygen atoms in total. The smallest absolute Gasteiger partial charge is 0.142 e. The second-order valence-corrected chi connectivity index (χ2v) is 4.70. The highest BCUT2D eigenvalue weighted by Crippen LogP contribution is 2.28. The number of aryl methyl sites for hydroxylation is 3. The van der Waals surface area contributed by atoms with Gasteiger partial charge in [0.15, 0.2) is 0 Å². The molecule has 0 bridgehead atoms. The van der Waals surface area contributed by atoms with E-state index >= 15 is 0 Å². The first-order valence-electron chi connectivity index (χ1n) is 4.03. The first kappa shape index (κ1) is 8.97. The van der Waals surface area contributed by atoms with E-state index in [-0.39, 0.29) is 0 Å². The zero-order valence-corrected chi connectivity index (χ0v) is 9.46. The standard InChI is InChI=1S/C9H10N2S2/c1-4-6(3)13-9-7(4)11-8(12)5(2)10-9/h1-3H3,(H,11,12). The Kier molecular flexibility index (Phi) is 2.04. The summed E-state index contributed by atoms with van der Waals surface area (Å²) in [5.74, 6) is 0. The van der Waals surface area contributed by atoms with Crippen LogP contribution in [0.25, 0.3) is 10.3 Å². The molecule has 0 fully saturated rings. The highest BCUT2D eigenvalue weighted by molar-refractivity contribution is 7.80. The van der Waals surface area contributed by atoms with Gasteiger partial charge in [0.25, 0.3) is 0 Å². The van der Waals surface area contributed by atoms with Crippen LogP contribution in [-0.2, 0) is 0 Å². The molecular weight excluding hydrogens is 200 g/mol. The summed E-state index contributed by atoms with van der Waals surface area (Å²) in [6, 6.07) is 0. The van der Waals surface area contributed by atoms with Crippen LogP contribution in [0.3, 0.4) is 0 Å². The minimum Gasteiger partial charge on any atom is -0.238 e. The van der Waals surface area contributed by atoms with Crippen LogP contribution in [0, 0.1) is 20.8 Å². The maximum absolute atomic E-state index is 4.44. The third-order valence-electron chi connectivity index (χ3n) is 2.15. The molecule has 0 N–H and O–H groups in total. The third-order valence-corrected chi connectivity index (χ3v) is 3.66. The van der Waals surface area contributed by atoms with Crippen molar-refractivity contribution in [1.29, 1.82) is 0 Å². The molecule has 4 heteroatoms. The first-order valence-corrected chi connectivity index (χ1v) is 5.29. The predicted octanol–water partition coefficient (Wildman–Crippen LogP) is 2.91. The van der Waals surface area contributed by atoms with Crippen LogP contribution in [0.15, 0.2) is 5.03 Å². The van der Waals surface area contributed by atoms with Gasteiger partial charge in [-0.05, 0) is 26.3 Å². The molecule has 0 radical (unpaired) electrons. The van der Waals surface area contributed by atoms with Crippen LogP contribution >= 0.6 is 24.0 Å². The van der Waals surface area contributed by atoms with Crippen molar-refractivity contribution in [1.82, 2.24) is 9.97 Å². The van der Waals surface area contributed by atoms with Gasteiger partial charge in [0.05, 0.1) is 5.69 Å². The molecule has 0 aliphatic heterocycles. The summed E-state index contributed by atoms with van der Waals surface area (Å²) in [5.41, 5.74) is 3.12. The van der Waals surface area contributed by atoms with E-state index in [1.54, 1.807) is 11.3 Å². The second-order valence-electron chi connectivity index (χ2n) is 3.07. The van der Waals surface area contributed by atoms with Gasteiger partial charge in [-0.15, -0.1) is 24.0 Å². The van der Waals surface area contributed by atoms with Crippen molar-refractivity contribution in [2.45, 2.75) is 25.8 Å². The Hall–Kier alpha value is -0.610. The molecule has 2 heterocycles. The van der Waals surface area contributed by atoms with Crippen LogP contribution in [0.5, 0.6) is 0 Å². The van der Waals surface area contributed by atoms with E-state index in [0.29, 0.717) is 0 Å². The average molecular weight is 210 g/mol. The fourth-order valence-corrected chi connectivity index (χ4v) is 2.36. The van der Waals surface area contributed by atoms with Crippen molar-refractivity contribution in [3.05, 3.63) is 16.1 Å². The average Bonchev–Trinajstić information content (AvgIpc) is 2.32. The molecule has 0 spiro atoms. The summed E-state index contributed by atoms with van der Waals surface area (Å²) in [4.78, 5) is 11.1. The number of rotatable bonds is 0. The van der Waals surface area contributed by atoms with Crippen molar-refractivity contribution in [2.24, 2.45) is 0 Å². The number of aromatic nitrogens is 2. The van der Waals surface area contributed by atoms with Gasteiger partial charge in [0.2, 0.25) is 0 Å². The van der Waals surface area contributed by atoms with Gasteiger partial charge in [0.1, 0.15) is 15.4 Å². The normalized spacial score (nSPS) is 11.1. The van der Waals surface area contributed by atoms with E-state index in [1.807, 2.05) is 6.92 Å². The zero-order chi connectivity index (χ0) is 9.59. The number of hydrogen-bond donors (Lipinski definition) is 1. The van der Waals surface area contributed by atoms with Crippen molar-refractivity contribution in [3.63, 3.8) is 0 Å². The summed E-state index contributed by atoms with van der Waals surface area (Å²) in [7, 11) is 0. The molecule has 0 amide bonds. The van der Waals surface area contributed by atoms with E-state index in [9.17, 15) is 0 Å². The van der Waals surface area contributed by atoms with Gasteiger partial charge in [-0.1, -0.05) is 0 Å². The van der Waals surface area contributed by atoms with Crippen LogP contribution in [-0.4, -0.2) is 9.97 Å². The molecular formula is C9H10N2S2. The highest BCUT2D eigenvalue weighted by Gasteiger charge is 2.09. The maximum atomic E-state index is 4.44. The van der Waals surface area contributed by atoms with Gasteiger partial charge in [-0.3, -0.25) is 0 Å². The van der Waals surface area contributed by atoms with Gasteiger partial charge < -0.3 is 0 Å². The fraction of sp³-hybridized carbons (Fsp3) is 0.333. The first-order chi connectivity index (χ1) is 6.09. The molecule has 2 rings (SSSR count). The largest absolute Gasteiger partial charge is 0.238 e. The minimum atomic E-state index is 0.730. The van der Waals surface area contributed by atoms with Crippen molar-refractivity contribution < 1.29 is 0 Å². The number of thiophene rings is 1. The summed E-state index contributed by atoms with van der Waals surface area (Å²) in [6.07, 6.45) is 0. The van der Waals surface area contributed by atoms with Gasteiger partial charge >= 0.3 is 0 Å². The summed E-state index contributed by atoms with van der Waals surface area (Å²) < 4.78 is 0. The molecule has 2 aromatic rings. The van der Waals surface area contributed by atoms with Crippen LogP contribution in [0.4, 0.5) is 0 Å². The number of fused-ring (bicyclic) bond motifs is 1. The molecule has 68 valence electrons. The second kappa shape index (κ2) is 2.96. The Labute approximate surface area is 86.4 Å². The summed E-state index contributed by atoms with van der Waals surface area (Å²) in [6.45, 7) is 6.10. The molecule has 0 saturated heterocycles. The van der Waals surface area contributed by atoms with Crippen LogP contribution < -0.4 is 0 Å². The Morgan fingerprint density at radius 3 is 2.54 bits per heavy atom. The number of hydrogen-bond acceptors (Lipinski definition) is 4. The topological polar surface area (TPSA) is 25.8 Å². The molecule has 0 aromatic carbocycles. The lowest BCUT2D eigenvalue weighted by molar-refractivity contribution is 1.05. The Morgan fingerprint density at radius 1 is 1.15 bits per heavy atom. The monoisotopic (exact) mass is 210 g/mol. The number of nitrogens with zero attached hydrogens (tertiary/aromatic N) is 2. The van der Waals surface area contributed by atoms with Gasteiger partial charge in [-0.2, -0.15) is 0 Å². The quantitative estimate of drug-likeness (QED) is 0.677. The fourth-order valence-electron chi connectivity index (χ4n) is 1.19. The van der Waals surface area contributed by atoms with Crippen molar-refractivity contribution >= 4 is 34.3 Å². The number of thiol groups is 1.